The maximum atomic E-state index is 12.5. The first-order valence-electron chi connectivity index (χ1n) is 14.6. The van der Waals surface area contributed by atoms with Crippen LogP contribution in [-0.2, 0) is 4.74 Å². The van der Waals surface area contributed by atoms with Gasteiger partial charge in [0.05, 0.1) is 35.5 Å². The molecule has 3 heterocycles. The van der Waals surface area contributed by atoms with E-state index in [9.17, 15) is 9.59 Å². The van der Waals surface area contributed by atoms with Crippen molar-refractivity contribution in [3.63, 3.8) is 0 Å². The Bertz CT molecular complexity index is 2160. The summed E-state index contributed by atoms with van der Waals surface area (Å²) in [6.07, 6.45) is 0. The van der Waals surface area contributed by atoms with Crippen LogP contribution in [0.2, 0.25) is 0 Å². The van der Waals surface area contributed by atoms with E-state index in [2.05, 4.69) is 67.2 Å². The smallest absolute Gasteiger partial charge is 0.256 e. The van der Waals surface area contributed by atoms with Crippen LogP contribution in [0.25, 0.3) is 44.1 Å². The van der Waals surface area contributed by atoms with Crippen molar-refractivity contribution in [2.24, 2.45) is 0 Å². The van der Waals surface area contributed by atoms with Gasteiger partial charge in [0.1, 0.15) is 0 Å². The predicted molar refractivity (Wildman–Crippen MR) is 175 cm³/mol. The molecule has 2 aliphatic carbocycles. The molecule has 6 aromatic rings. The normalized spacial score (nSPS) is 18.4. The Balaban J connectivity index is 0.000000133. The second-order valence-corrected chi connectivity index (χ2v) is 12.1. The van der Waals surface area contributed by atoms with Gasteiger partial charge in [0, 0.05) is 46.1 Å². The van der Waals surface area contributed by atoms with Gasteiger partial charge in [-0.15, -0.1) is 0 Å². The SMILES string of the molecule is O=c1[nH]c2c(c3ccccc13)C(Br)c1ccccc1-2.O=c1[nH]c2c(c3ccccc13)C(N1CCOCC1)c1ccccc1-2. The van der Waals surface area contributed by atoms with Crippen LogP contribution < -0.4 is 11.1 Å². The number of ether oxygens (including phenoxy) is 1. The van der Waals surface area contributed by atoms with E-state index >= 15 is 0 Å². The maximum absolute atomic E-state index is 12.5. The monoisotopic (exact) mass is 629 g/mol. The van der Waals surface area contributed by atoms with Gasteiger partial charge in [0.2, 0.25) is 0 Å². The number of nitrogens with zero attached hydrogens (tertiary/aromatic N) is 1. The number of rotatable bonds is 1. The van der Waals surface area contributed by atoms with E-state index in [0.29, 0.717) is 0 Å². The molecule has 6 nitrogen and oxygen atoms in total. The molecule has 0 bridgehead atoms. The quantitative estimate of drug-likeness (QED) is 0.194. The fourth-order valence-corrected chi connectivity index (χ4v) is 7.88. The molecule has 0 saturated carbocycles. The predicted octanol–water partition coefficient (Wildman–Crippen LogP) is 6.92. The first-order chi connectivity index (χ1) is 21.1. The van der Waals surface area contributed by atoms with Crippen LogP contribution in [0.3, 0.4) is 0 Å². The highest BCUT2D eigenvalue weighted by atomic mass is 79.9. The van der Waals surface area contributed by atoms with Crippen LogP contribution in [0.15, 0.2) is 107 Å². The largest absolute Gasteiger partial charge is 0.379 e. The summed E-state index contributed by atoms with van der Waals surface area (Å²) in [5.74, 6) is 0. The Morgan fingerprint density at radius 3 is 1.70 bits per heavy atom. The third-order valence-corrected chi connectivity index (χ3v) is 9.86. The molecule has 0 radical (unpaired) electrons. The van der Waals surface area contributed by atoms with Crippen molar-refractivity contribution in [1.29, 1.82) is 0 Å². The van der Waals surface area contributed by atoms with Gasteiger partial charge in [-0.1, -0.05) is 101 Å². The number of nitrogens with one attached hydrogen (secondary N) is 2. The van der Waals surface area contributed by atoms with Crippen LogP contribution in [0, 0.1) is 0 Å². The van der Waals surface area contributed by atoms with Crippen molar-refractivity contribution >= 4 is 37.5 Å². The zero-order chi connectivity index (χ0) is 29.1. The summed E-state index contributed by atoms with van der Waals surface area (Å²) in [7, 11) is 0. The first-order valence-corrected chi connectivity index (χ1v) is 15.5. The number of H-pyrrole nitrogens is 2. The van der Waals surface area contributed by atoms with Gasteiger partial charge in [-0.25, -0.2) is 0 Å². The minimum atomic E-state index is -0.0225. The third kappa shape index (κ3) is 4.14. The van der Waals surface area contributed by atoms with Gasteiger partial charge in [-0.2, -0.15) is 0 Å². The van der Waals surface area contributed by atoms with Gasteiger partial charge in [-0.05, 0) is 34.0 Å². The molecule has 9 rings (SSSR count). The molecule has 1 fully saturated rings. The number of pyridine rings is 2. The molecule has 2 atom stereocenters. The van der Waals surface area contributed by atoms with Gasteiger partial charge < -0.3 is 14.7 Å². The molecule has 43 heavy (non-hydrogen) atoms. The molecule has 4 aromatic carbocycles. The molecule has 7 heteroatoms. The molecule has 3 aliphatic rings. The van der Waals surface area contributed by atoms with E-state index in [-0.39, 0.29) is 22.0 Å². The number of aromatic nitrogens is 2. The van der Waals surface area contributed by atoms with E-state index in [1.165, 1.54) is 16.7 Å². The van der Waals surface area contributed by atoms with Crippen LogP contribution in [0.5, 0.6) is 0 Å². The highest BCUT2D eigenvalue weighted by Gasteiger charge is 2.36. The number of fused-ring (bicyclic) bond motifs is 10. The topological polar surface area (TPSA) is 78.2 Å². The molecule has 1 aliphatic heterocycles. The Morgan fingerprint density at radius 2 is 1.07 bits per heavy atom. The van der Waals surface area contributed by atoms with Crippen molar-refractivity contribution in [3.8, 4) is 22.5 Å². The number of benzene rings is 4. The summed E-state index contributed by atoms with van der Waals surface area (Å²) >= 11 is 3.76. The Morgan fingerprint density at radius 1 is 0.605 bits per heavy atom. The molecule has 212 valence electrons. The highest BCUT2D eigenvalue weighted by Crippen LogP contribution is 2.49. The van der Waals surface area contributed by atoms with Gasteiger partial charge >= 0.3 is 0 Å². The molecule has 1 saturated heterocycles. The average Bonchev–Trinajstić information content (AvgIpc) is 3.54. The fraction of sp³-hybridized carbons (Fsp3) is 0.167. The van der Waals surface area contributed by atoms with Crippen molar-refractivity contribution in [2.75, 3.05) is 26.3 Å². The van der Waals surface area contributed by atoms with Crippen molar-refractivity contribution in [1.82, 2.24) is 14.9 Å². The van der Waals surface area contributed by atoms with Crippen LogP contribution in [-0.4, -0.2) is 41.2 Å². The highest BCUT2D eigenvalue weighted by molar-refractivity contribution is 9.09. The maximum Gasteiger partial charge on any atom is 0.256 e. The van der Waals surface area contributed by atoms with E-state index in [0.717, 1.165) is 75.9 Å². The van der Waals surface area contributed by atoms with Crippen molar-refractivity contribution in [3.05, 3.63) is 140 Å². The number of morpholine rings is 1. The Labute approximate surface area is 256 Å². The lowest BCUT2D eigenvalue weighted by Gasteiger charge is -2.33. The second-order valence-electron chi connectivity index (χ2n) is 11.2. The van der Waals surface area contributed by atoms with Crippen LogP contribution in [0.1, 0.15) is 33.1 Å². The Kier molecular flexibility index (Phi) is 6.40. The van der Waals surface area contributed by atoms with E-state index in [4.69, 9.17) is 4.74 Å². The zero-order valence-corrected chi connectivity index (χ0v) is 24.9. The number of hydrogen-bond donors (Lipinski definition) is 2. The molecule has 0 spiro atoms. The van der Waals surface area contributed by atoms with E-state index in [1.54, 1.807) is 0 Å². The number of aromatic amines is 2. The standard InChI is InChI=1S/C20H18N2O2.C16H10BrNO/c23-20-16-8-4-1-5-13(16)17-18(21-20)14-6-2-3-7-15(14)19(17)22-9-11-24-12-10-22;17-14-10-6-2-3-7-11(10)15-13(14)9-5-1-4-8-12(9)16(19)18-15/h1-8,19H,9-12H2,(H,21,23);1-8,14H,(H,18,19). The average molecular weight is 631 g/mol. The van der Waals surface area contributed by atoms with Crippen LogP contribution >= 0.6 is 15.9 Å². The van der Waals surface area contributed by atoms with E-state index < -0.39 is 0 Å². The first kappa shape index (κ1) is 26.3. The lowest BCUT2D eigenvalue weighted by molar-refractivity contribution is 0.0249. The molecule has 2 aromatic heterocycles. The molecular formula is C36H28BrN3O3. The molecule has 2 N–H and O–H groups in total. The summed E-state index contributed by atoms with van der Waals surface area (Å²) in [5, 5.41) is 3.60. The zero-order valence-electron chi connectivity index (χ0n) is 23.3. The lowest BCUT2D eigenvalue weighted by atomic mass is 9.98. The van der Waals surface area contributed by atoms with Crippen molar-refractivity contribution < 1.29 is 4.74 Å². The minimum absolute atomic E-state index is 0.0122. The second kappa shape index (κ2) is 10.5. The van der Waals surface area contributed by atoms with Crippen LogP contribution in [0.4, 0.5) is 0 Å². The number of alkyl halides is 1. The van der Waals surface area contributed by atoms with E-state index in [1.807, 2.05) is 60.7 Å². The van der Waals surface area contributed by atoms with Gasteiger partial charge in [0.15, 0.2) is 0 Å². The Hall–Kier alpha value is -4.30. The number of hydrogen-bond acceptors (Lipinski definition) is 4. The summed E-state index contributed by atoms with van der Waals surface area (Å²) in [5.41, 5.74) is 9.03. The summed E-state index contributed by atoms with van der Waals surface area (Å²) < 4.78 is 5.54. The fourth-order valence-electron chi connectivity index (χ4n) is 7.00. The lowest BCUT2D eigenvalue weighted by Crippen LogP contribution is -2.39. The van der Waals surface area contributed by atoms with Crippen molar-refractivity contribution in [2.45, 2.75) is 10.9 Å². The van der Waals surface area contributed by atoms with Gasteiger partial charge in [-0.3, -0.25) is 14.5 Å². The molecule has 0 amide bonds. The minimum Gasteiger partial charge on any atom is -0.379 e. The molecule has 2 unspecified atom stereocenters. The summed E-state index contributed by atoms with van der Waals surface area (Å²) in [4.78, 5) is 33.5. The third-order valence-electron chi connectivity index (χ3n) is 8.91. The van der Waals surface area contributed by atoms with Gasteiger partial charge in [0.25, 0.3) is 11.1 Å². The summed E-state index contributed by atoms with van der Waals surface area (Å²) in [6, 6.07) is 32.5. The number of halogens is 1. The molecular weight excluding hydrogens is 602 g/mol. The summed E-state index contributed by atoms with van der Waals surface area (Å²) in [6.45, 7) is 3.34.